The van der Waals surface area contributed by atoms with Gasteiger partial charge in [0, 0.05) is 16.8 Å². The van der Waals surface area contributed by atoms with Crippen LogP contribution in [0.5, 0.6) is 5.75 Å². The van der Waals surface area contributed by atoms with Gasteiger partial charge in [0.15, 0.2) is 5.82 Å². The molecule has 0 unspecified atom stereocenters. The number of nitrogens with zero attached hydrogens (tertiary/aromatic N) is 2. The third kappa shape index (κ3) is 6.56. The lowest BCUT2D eigenvalue weighted by atomic mass is 10.1. The van der Waals surface area contributed by atoms with Crippen LogP contribution in [0.3, 0.4) is 0 Å². The molecule has 0 saturated heterocycles. The summed E-state index contributed by atoms with van der Waals surface area (Å²) in [7, 11) is 0. The quantitative estimate of drug-likeness (QED) is 0.511. The van der Waals surface area contributed by atoms with E-state index >= 15 is 0 Å². The van der Waals surface area contributed by atoms with E-state index in [1.165, 1.54) is 0 Å². The second-order valence-electron chi connectivity index (χ2n) is 7.95. The molecule has 0 bridgehead atoms. The molecule has 0 aliphatic heterocycles. The largest absolute Gasteiger partial charge is 0.494 e. The molecule has 9 heteroatoms. The molecule has 3 aromatic rings. The third-order valence-electron chi connectivity index (χ3n) is 4.16. The van der Waals surface area contributed by atoms with Crippen LogP contribution in [-0.4, -0.2) is 39.4 Å². The normalized spacial score (nSPS) is 11.0. The molecule has 0 radical (unpaired) electrons. The zero-order valence-corrected chi connectivity index (χ0v) is 18.6. The van der Waals surface area contributed by atoms with Gasteiger partial charge in [-0.05, 0) is 76.2 Å². The summed E-state index contributed by atoms with van der Waals surface area (Å²) in [5, 5.41) is 12.4. The number of benzene rings is 2. The van der Waals surface area contributed by atoms with Crippen LogP contribution in [-0.2, 0) is 11.3 Å². The number of aromatic nitrogens is 3. The average Bonchev–Trinajstić information content (AvgIpc) is 3.21. The van der Waals surface area contributed by atoms with Gasteiger partial charge in [0.1, 0.15) is 17.2 Å². The molecular formula is C23H27N5O4. The first-order chi connectivity index (χ1) is 15.2. The third-order valence-corrected chi connectivity index (χ3v) is 4.16. The van der Waals surface area contributed by atoms with Crippen molar-refractivity contribution in [2.75, 3.05) is 11.9 Å². The van der Waals surface area contributed by atoms with Crippen LogP contribution in [0.15, 0.2) is 48.5 Å². The number of ether oxygens (including phenoxy) is 2. The van der Waals surface area contributed by atoms with E-state index in [-0.39, 0.29) is 12.5 Å². The van der Waals surface area contributed by atoms with Crippen LogP contribution in [0.2, 0.25) is 0 Å². The molecule has 168 valence electrons. The number of alkyl carbamates (subject to hydrolysis) is 1. The van der Waals surface area contributed by atoms with Crippen molar-refractivity contribution >= 4 is 17.7 Å². The highest BCUT2D eigenvalue weighted by molar-refractivity contribution is 6.04. The van der Waals surface area contributed by atoms with E-state index in [4.69, 9.17) is 9.47 Å². The van der Waals surface area contributed by atoms with Crippen LogP contribution in [0.4, 0.5) is 10.5 Å². The minimum atomic E-state index is -0.569. The Morgan fingerprint density at radius 2 is 1.72 bits per heavy atom. The molecule has 2 amide bonds. The maximum Gasteiger partial charge on any atom is 0.408 e. The topological polar surface area (TPSA) is 118 Å². The molecule has 3 rings (SSSR count). The van der Waals surface area contributed by atoms with Crippen molar-refractivity contribution in [2.24, 2.45) is 0 Å². The van der Waals surface area contributed by atoms with Crippen molar-refractivity contribution in [1.82, 2.24) is 20.5 Å². The van der Waals surface area contributed by atoms with Crippen molar-refractivity contribution in [2.45, 2.75) is 39.8 Å². The average molecular weight is 438 g/mol. The number of amides is 2. The highest BCUT2D eigenvalue weighted by atomic mass is 16.6. The number of H-pyrrole nitrogens is 1. The number of nitrogens with one attached hydrogen (secondary N) is 3. The van der Waals surface area contributed by atoms with Crippen molar-refractivity contribution in [3.05, 3.63) is 59.9 Å². The van der Waals surface area contributed by atoms with Gasteiger partial charge in [-0.1, -0.05) is 0 Å². The number of hydrogen-bond donors (Lipinski definition) is 3. The van der Waals surface area contributed by atoms with Gasteiger partial charge < -0.3 is 20.1 Å². The first kappa shape index (κ1) is 22.8. The highest BCUT2D eigenvalue weighted by Gasteiger charge is 2.16. The maximum absolute atomic E-state index is 12.4. The molecule has 1 heterocycles. The Bertz CT molecular complexity index is 1050. The van der Waals surface area contributed by atoms with Crippen LogP contribution < -0.4 is 15.4 Å². The molecule has 0 fully saturated rings. The lowest BCUT2D eigenvalue weighted by Crippen LogP contribution is -2.32. The molecule has 1 aromatic heterocycles. The summed E-state index contributed by atoms with van der Waals surface area (Å²) in [4.78, 5) is 28.5. The van der Waals surface area contributed by atoms with Gasteiger partial charge in [0.05, 0.1) is 13.2 Å². The van der Waals surface area contributed by atoms with Gasteiger partial charge in [-0.25, -0.2) is 9.78 Å². The van der Waals surface area contributed by atoms with Crippen molar-refractivity contribution in [3.8, 4) is 17.1 Å². The molecule has 9 nitrogen and oxygen atoms in total. The van der Waals surface area contributed by atoms with Gasteiger partial charge in [-0.3, -0.25) is 9.89 Å². The second-order valence-corrected chi connectivity index (χ2v) is 7.95. The summed E-state index contributed by atoms with van der Waals surface area (Å²) in [6.45, 7) is 8.03. The maximum atomic E-state index is 12.4. The summed E-state index contributed by atoms with van der Waals surface area (Å²) < 4.78 is 10.6. The van der Waals surface area contributed by atoms with E-state index in [2.05, 4.69) is 25.8 Å². The SMILES string of the molecule is CCOc1ccc(C(=O)Nc2ccc(-c3n[nH]c(CNC(=O)OC(C)(C)C)n3)cc2)cc1. The second kappa shape index (κ2) is 9.95. The number of hydrogen-bond acceptors (Lipinski definition) is 6. The molecule has 0 aliphatic rings. The van der Waals surface area contributed by atoms with E-state index in [9.17, 15) is 9.59 Å². The van der Waals surface area contributed by atoms with Crippen molar-refractivity contribution < 1.29 is 19.1 Å². The van der Waals surface area contributed by atoms with Gasteiger partial charge in [0.2, 0.25) is 0 Å². The molecule has 0 aliphatic carbocycles. The predicted molar refractivity (Wildman–Crippen MR) is 120 cm³/mol. The fraction of sp³-hybridized carbons (Fsp3) is 0.304. The minimum Gasteiger partial charge on any atom is -0.494 e. The van der Waals surface area contributed by atoms with Gasteiger partial charge >= 0.3 is 6.09 Å². The van der Waals surface area contributed by atoms with Crippen LogP contribution in [0.1, 0.15) is 43.9 Å². The van der Waals surface area contributed by atoms with E-state index in [1.807, 2.05) is 19.1 Å². The first-order valence-corrected chi connectivity index (χ1v) is 10.3. The fourth-order valence-electron chi connectivity index (χ4n) is 2.75. The zero-order valence-electron chi connectivity index (χ0n) is 18.6. The standard InChI is InChI=1S/C23H27N5O4/c1-5-31-18-12-8-16(9-13-18)21(29)25-17-10-6-15(7-11-17)20-26-19(27-28-20)14-24-22(30)32-23(2,3)4/h6-13H,5,14H2,1-4H3,(H,24,30)(H,25,29)(H,26,27,28). The number of rotatable bonds is 7. The number of carbonyl (C=O) groups excluding carboxylic acids is 2. The monoisotopic (exact) mass is 437 g/mol. The smallest absolute Gasteiger partial charge is 0.408 e. The Balaban J connectivity index is 1.56. The summed E-state index contributed by atoms with van der Waals surface area (Å²) in [6, 6.07) is 14.1. The number of carbonyl (C=O) groups is 2. The summed E-state index contributed by atoms with van der Waals surface area (Å²) in [6.07, 6.45) is -0.525. The Labute approximate surface area is 186 Å². The molecule has 0 atom stereocenters. The van der Waals surface area contributed by atoms with E-state index in [1.54, 1.807) is 57.2 Å². The minimum absolute atomic E-state index is 0.165. The lowest BCUT2D eigenvalue weighted by molar-refractivity contribution is 0.0522. The van der Waals surface area contributed by atoms with Crippen LogP contribution in [0.25, 0.3) is 11.4 Å². The highest BCUT2D eigenvalue weighted by Crippen LogP contribution is 2.19. The summed E-state index contributed by atoms with van der Waals surface area (Å²) in [5.74, 6) is 1.49. The Hall–Kier alpha value is -3.88. The van der Waals surface area contributed by atoms with Crippen LogP contribution in [0, 0.1) is 0 Å². The number of anilines is 1. The molecule has 32 heavy (non-hydrogen) atoms. The predicted octanol–water partition coefficient (Wildman–Crippen LogP) is 4.15. The Kier molecular flexibility index (Phi) is 7.09. The summed E-state index contributed by atoms with van der Waals surface area (Å²) >= 11 is 0. The van der Waals surface area contributed by atoms with Gasteiger partial charge in [-0.15, -0.1) is 0 Å². The first-order valence-electron chi connectivity index (χ1n) is 10.3. The molecule has 2 aromatic carbocycles. The zero-order chi connectivity index (χ0) is 23.1. The van der Waals surface area contributed by atoms with Gasteiger partial charge in [-0.2, -0.15) is 5.10 Å². The Morgan fingerprint density at radius 3 is 2.34 bits per heavy atom. The van der Waals surface area contributed by atoms with Crippen molar-refractivity contribution in [1.29, 1.82) is 0 Å². The van der Waals surface area contributed by atoms with Crippen molar-refractivity contribution in [3.63, 3.8) is 0 Å². The number of aromatic amines is 1. The van der Waals surface area contributed by atoms with E-state index < -0.39 is 11.7 Å². The molecule has 3 N–H and O–H groups in total. The van der Waals surface area contributed by atoms with Crippen LogP contribution >= 0.6 is 0 Å². The lowest BCUT2D eigenvalue weighted by Gasteiger charge is -2.19. The van der Waals surface area contributed by atoms with E-state index in [0.717, 1.165) is 11.3 Å². The summed E-state index contributed by atoms with van der Waals surface area (Å²) in [5.41, 5.74) is 1.38. The molecule has 0 spiro atoms. The Morgan fingerprint density at radius 1 is 1.03 bits per heavy atom. The molecular weight excluding hydrogens is 410 g/mol. The fourth-order valence-corrected chi connectivity index (χ4v) is 2.75. The van der Waals surface area contributed by atoms with E-state index in [0.29, 0.717) is 29.5 Å². The van der Waals surface area contributed by atoms with Gasteiger partial charge in [0.25, 0.3) is 5.91 Å². The molecule has 0 saturated carbocycles.